The number of anilines is 3. The molecule has 2 aromatic rings. The van der Waals surface area contributed by atoms with Crippen LogP contribution in [-0.2, 0) is 4.79 Å². The van der Waals surface area contributed by atoms with Gasteiger partial charge >= 0.3 is 0 Å². The second-order valence-electron chi connectivity index (χ2n) is 8.54. The van der Waals surface area contributed by atoms with Crippen LogP contribution in [0.3, 0.4) is 0 Å². The van der Waals surface area contributed by atoms with Gasteiger partial charge in [0.1, 0.15) is 5.82 Å². The van der Waals surface area contributed by atoms with E-state index in [0.717, 1.165) is 18.8 Å². The van der Waals surface area contributed by atoms with Gasteiger partial charge in [-0.3, -0.25) is 9.69 Å². The van der Waals surface area contributed by atoms with E-state index in [9.17, 15) is 9.18 Å². The van der Waals surface area contributed by atoms with Gasteiger partial charge in [-0.2, -0.15) is 5.26 Å². The number of amides is 1. The van der Waals surface area contributed by atoms with Crippen LogP contribution in [0.1, 0.15) is 31.2 Å². The number of carbonyl (C=O) groups is 1. The molecule has 0 radical (unpaired) electrons. The van der Waals surface area contributed by atoms with Crippen LogP contribution >= 0.6 is 0 Å². The lowest BCUT2D eigenvalue weighted by atomic mass is 10.2. The van der Waals surface area contributed by atoms with Crippen molar-refractivity contribution in [1.82, 2.24) is 4.90 Å². The van der Waals surface area contributed by atoms with Gasteiger partial charge in [-0.25, -0.2) is 4.39 Å². The summed E-state index contributed by atoms with van der Waals surface area (Å²) in [5, 5.41) is 11.9. The van der Waals surface area contributed by atoms with Crippen LogP contribution in [0.25, 0.3) is 0 Å². The molecule has 2 aliphatic rings. The van der Waals surface area contributed by atoms with Gasteiger partial charge in [0, 0.05) is 50.6 Å². The molecule has 0 aliphatic carbocycles. The van der Waals surface area contributed by atoms with Crippen LogP contribution in [0.2, 0.25) is 0 Å². The van der Waals surface area contributed by atoms with E-state index in [2.05, 4.69) is 27.2 Å². The summed E-state index contributed by atoms with van der Waals surface area (Å²) in [5.41, 5.74) is 2.86. The molecule has 6 nitrogen and oxygen atoms in total. The zero-order valence-corrected chi connectivity index (χ0v) is 18.4. The fourth-order valence-corrected chi connectivity index (χ4v) is 4.47. The molecular formula is C25H30FN5O. The molecule has 2 fully saturated rings. The molecule has 1 amide bonds. The zero-order chi connectivity index (χ0) is 22.3. The first kappa shape index (κ1) is 22.1. The lowest BCUT2D eigenvalue weighted by Crippen LogP contribution is -2.48. The minimum atomic E-state index is -0.376. The van der Waals surface area contributed by atoms with E-state index in [4.69, 9.17) is 5.26 Å². The molecule has 32 heavy (non-hydrogen) atoms. The number of nitriles is 1. The summed E-state index contributed by atoms with van der Waals surface area (Å²) in [6, 6.07) is 14.6. The van der Waals surface area contributed by atoms with Gasteiger partial charge in [0.15, 0.2) is 0 Å². The number of nitrogens with zero attached hydrogens (tertiary/aromatic N) is 4. The van der Waals surface area contributed by atoms with Crippen molar-refractivity contribution in [2.75, 3.05) is 60.9 Å². The average Bonchev–Trinajstić information content (AvgIpc) is 3.10. The Morgan fingerprint density at radius 1 is 0.906 bits per heavy atom. The molecule has 2 aromatic carbocycles. The number of nitrogens with one attached hydrogen (secondary N) is 1. The summed E-state index contributed by atoms with van der Waals surface area (Å²) in [6.45, 7) is 5.16. The summed E-state index contributed by atoms with van der Waals surface area (Å²) in [4.78, 5) is 19.0. The molecule has 2 heterocycles. The van der Waals surface area contributed by atoms with Crippen molar-refractivity contribution in [3.8, 4) is 6.07 Å². The van der Waals surface area contributed by atoms with Crippen molar-refractivity contribution in [2.24, 2.45) is 0 Å². The molecule has 7 heteroatoms. The lowest BCUT2D eigenvalue weighted by molar-refractivity contribution is -0.117. The molecule has 1 N–H and O–H groups in total. The van der Waals surface area contributed by atoms with Gasteiger partial charge in [-0.15, -0.1) is 0 Å². The van der Waals surface area contributed by atoms with Crippen LogP contribution in [0.4, 0.5) is 21.5 Å². The van der Waals surface area contributed by atoms with E-state index in [1.165, 1.54) is 37.4 Å². The first-order valence-electron chi connectivity index (χ1n) is 11.4. The Kier molecular flexibility index (Phi) is 7.23. The number of piperazine rings is 1. The number of benzene rings is 2. The highest BCUT2D eigenvalue weighted by Gasteiger charge is 2.21. The van der Waals surface area contributed by atoms with Crippen molar-refractivity contribution in [1.29, 1.82) is 5.26 Å². The molecule has 0 atom stereocenters. The zero-order valence-electron chi connectivity index (χ0n) is 18.4. The maximum atomic E-state index is 14.3. The lowest BCUT2D eigenvalue weighted by Gasteiger charge is -2.35. The summed E-state index contributed by atoms with van der Waals surface area (Å²) >= 11 is 0. The predicted molar refractivity (Wildman–Crippen MR) is 126 cm³/mol. The Morgan fingerprint density at radius 3 is 2.22 bits per heavy atom. The Balaban J connectivity index is 1.25. The molecule has 168 valence electrons. The largest absolute Gasteiger partial charge is 0.372 e. The fraction of sp³-hybridized carbons (Fsp3) is 0.440. The second kappa shape index (κ2) is 10.5. The van der Waals surface area contributed by atoms with Crippen LogP contribution in [0.15, 0.2) is 42.5 Å². The molecule has 0 bridgehead atoms. The number of halogens is 1. The third-order valence-corrected chi connectivity index (χ3v) is 6.28. The Hall–Kier alpha value is -3.11. The van der Waals surface area contributed by atoms with Crippen molar-refractivity contribution in [2.45, 2.75) is 25.7 Å². The number of hydrogen-bond acceptors (Lipinski definition) is 5. The van der Waals surface area contributed by atoms with Crippen LogP contribution < -0.4 is 15.1 Å². The third kappa shape index (κ3) is 5.57. The van der Waals surface area contributed by atoms with E-state index in [1.54, 1.807) is 12.1 Å². The number of carbonyl (C=O) groups excluding carboxylic acids is 1. The Morgan fingerprint density at radius 2 is 1.59 bits per heavy atom. The maximum absolute atomic E-state index is 14.3. The highest BCUT2D eigenvalue weighted by Crippen LogP contribution is 2.23. The smallest absolute Gasteiger partial charge is 0.238 e. The molecular weight excluding hydrogens is 405 g/mol. The highest BCUT2D eigenvalue weighted by atomic mass is 19.1. The molecule has 0 aromatic heterocycles. The van der Waals surface area contributed by atoms with Gasteiger partial charge in [-0.05, 0) is 55.3 Å². The molecule has 0 saturated carbocycles. The molecule has 2 saturated heterocycles. The number of rotatable bonds is 5. The molecule has 0 spiro atoms. The summed E-state index contributed by atoms with van der Waals surface area (Å²) in [5.74, 6) is -0.413. The quantitative estimate of drug-likeness (QED) is 0.773. The van der Waals surface area contributed by atoms with Crippen molar-refractivity contribution in [3.05, 3.63) is 53.8 Å². The average molecular weight is 436 g/mol. The molecule has 4 rings (SSSR count). The maximum Gasteiger partial charge on any atom is 0.238 e. The van der Waals surface area contributed by atoms with Crippen molar-refractivity contribution >= 4 is 23.0 Å². The van der Waals surface area contributed by atoms with E-state index in [1.807, 2.05) is 23.1 Å². The Labute approximate surface area is 189 Å². The minimum absolute atomic E-state index is 0.0365. The SMILES string of the molecule is N#Cc1ccc(N2CCN(CC(=O)Nc3ccc(N4CCCCCC4)cc3)CC2)c(F)c1. The normalized spacial score (nSPS) is 17.5. The van der Waals surface area contributed by atoms with E-state index in [0.29, 0.717) is 44.0 Å². The summed E-state index contributed by atoms with van der Waals surface area (Å²) in [6.07, 6.45) is 5.09. The minimum Gasteiger partial charge on any atom is -0.372 e. The standard InChI is InChI=1S/C25H30FN5O/c26-23-17-20(18-27)5-10-24(23)31-15-13-29(14-16-31)19-25(32)28-21-6-8-22(9-7-21)30-11-3-1-2-4-12-30/h5-10,17H,1-4,11-16,19H2,(H,28,32). The topological polar surface area (TPSA) is 62.6 Å². The highest BCUT2D eigenvalue weighted by molar-refractivity contribution is 5.92. The van der Waals surface area contributed by atoms with E-state index >= 15 is 0 Å². The monoisotopic (exact) mass is 435 g/mol. The van der Waals surface area contributed by atoms with Gasteiger partial charge in [0.05, 0.1) is 23.9 Å². The first-order chi connectivity index (χ1) is 15.6. The summed E-state index contributed by atoms with van der Waals surface area (Å²) in [7, 11) is 0. The van der Waals surface area contributed by atoms with Crippen LogP contribution in [-0.4, -0.2) is 56.6 Å². The van der Waals surface area contributed by atoms with Gasteiger partial charge < -0.3 is 15.1 Å². The second-order valence-corrected chi connectivity index (χ2v) is 8.54. The predicted octanol–water partition coefficient (Wildman–Crippen LogP) is 3.84. The van der Waals surface area contributed by atoms with Gasteiger partial charge in [0.25, 0.3) is 0 Å². The first-order valence-corrected chi connectivity index (χ1v) is 11.4. The third-order valence-electron chi connectivity index (χ3n) is 6.28. The number of hydrogen-bond donors (Lipinski definition) is 1. The Bertz CT molecular complexity index is 955. The summed E-state index contributed by atoms with van der Waals surface area (Å²) < 4.78 is 14.3. The van der Waals surface area contributed by atoms with Gasteiger partial charge in [-0.1, -0.05) is 12.8 Å². The van der Waals surface area contributed by atoms with Gasteiger partial charge in [0.2, 0.25) is 5.91 Å². The fourth-order valence-electron chi connectivity index (χ4n) is 4.47. The van der Waals surface area contributed by atoms with E-state index < -0.39 is 0 Å². The molecule has 2 aliphatic heterocycles. The van der Waals surface area contributed by atoms with Crippen LogP contribution in [0, 0.1) is 17.1 Å². The molecule has 0 unspecified atom stereocenters. The van der Waals surface area contributed by atoms with Crippen molar-refractivity contribution in [3.63, 3.8) is 0 Å². The van der Waals surface area contributed by atoms with Crippen LogP contribution in [0.5, 0.6) is 0 Å². The van der Waals surface area contributed by atoms with Crippen molar-refractivity contribution < 1.29 is 9.18 Å². The van der Waals surface area contributed by atoms with E-state index in [-0.39, 0.29) is 11.7 Å².